The van der Waals surface area contributed by atoms with Gasteiger partial charge in [-0.05, 0) is 144 Å². The summed E-state index contributed by atoms with van der Waals surface area (Å²) in [5, 5.41) is 0. The monoisotopic (exact) mass is 939 g/mol. The highest BCUT2D eigenvalue weighted by molar-refractivity contribution is 5.01. The maximum Gasteiger partial charge on any atom is 0.0530 e. The fraction of sp³-hybridized carbons (Fsp3) is 1.00. The second-order valence-corrected chi connectivity index (χ2v) is 26.0. The fourth-order valence-corrected chi connectivity index (χ4v) is 5.79. The van der Waals surface area contributed by atoms with E-state index < -0.39 is 0 Å². The van der Waals surface area contributed by atoms with E-state index in [1.54, 1.807) is 0 Å². The van der Waals surface area contributed by atoms with E-state index in [0.29, 0.717) is 86.7 Å². The third kappa shape index (κ3) is 44.7. The number of ether oxygens (including phenoxy) is 5. The van der Waals surface area contributed by atoms with Gasteiger partial charge >= 0.3 is 0 Å². The van der Waals surface area contributed by atoms with Gasteiger partial charge in [-0.3, -0.25) is 0 Å². The minimum absolute atomic E-state index is 0. The van der Waals surface area contributed by atoms with Gasteiger partial charge in [-0.15, -0.1) is 0 Å². The molecule has 0 amide bonds. The van der Waals surface area contributed by atoms with Gasteiger partial charge in [-0.2, -0.15) is 0 Å². The SMILES string of the molecule is C.C.C.C.C.CC(C)OCC(C(C)C)C(C)(C)C.CC(C)OCC(C)(C)C(C)(C)C.CC(C)OCC(C)C(C)(C)C.CC(C)OCC1(C(C)(C)C)CC1.CCC(COC(C)C)C(C)(C)C. The zero-order valence-electron chi connectivity index (χ0n) is 47.4. The molecule has 408 valence electrons. The molecule has 0 aromatic rings. The van der Waals surface area contributed by atoms with Crippen molar-refractivity contribution in [3.63, 3.8) is 0 Å². The maximum atomic E-state index is 5.70. The summed E-state index contributed by atoms with van der Waals surface area (Å²) in [7, 11) is 0. The van der Waals surface area contributed by atoms with Crippen LogP contribution in [0.1, 0.15) is 271 Å². The van der Waals surface area contributed by atoms with Gasteiger partial charge in [0.2, 0.25) is 0 Å². The van der Waals surface area contributed by atoms with Crippen LogP contribution in [0.15, 0.2) is 0 Å². The Hall–Kier alpha value is -0.200. The molecule has 0 saturated heterocycles. The third-order valence-electron chi connectivity index (χ3n) is 13.0. The van der Waals surface area contributed by atoms with Crippen LogP contribution in [-0.2, 0) is 23.7 Å². The molecule has 3 unspecified atom stereocenters. The lowest BCUT2D eigenvalue weighted by Crippen LogP contribution is -2.35. The van der Waals surface area contributed by atoms with Crippen LogP contribution >= 0.6 is 0 Å². The highest BCUT2D eigenvalue weighted by Gasteiger charge is 2.52. The van der Waals surface area contributed by atoms with Gasteiger partial charge in [0.25, 0.3) is 0 Å². The minimum Gasteiger partial charge on any atom is -0.378 e. The van der Waals surface area contributed by atoms with Crippen molar-refractivity contribution in [3.8, 4) is 0 Å². The predicted octanol–water partition coefficient (Wildman–Crippen LogP) is 20.2. The Kier molecular flexibility index (Phi) is 49.0. The molecule has 5 heteroatoms. The minimum atomic E-state index is 0. The quantitative estimate of drug-likeness (QED) is 0.145. The first kappa shape index (κ1) is 84.7. The van der Waals surface area contributed by atoms with Crippen LogP contribution < -0.4 is 0 Å². The normalized spacial score (nSPS) is 15.1. The van der Waals surface area contributed by atoms with E-state index in [2.05, 4.69) is 215 Å². The molecule has 1 aliphatic rings. The first-order valence-corrected chi connectivity index (χ1v) is 24.6. The zero-order valence-corrected chi connectivity index (χ0v) is 47.4. The van der Waals surface area contributed by atoms with Crippen LogP contribution in [0, 0.1) is 61.6 Å². The Balaban J connectivity index is -0.0000000846. The van der Waals surface area contributed by atoms with Gasteiger partial charge in [0.15, 0.2) is 0 Å². The molecule has 1 aliphatic carbocycles. The maximum absolute atomic E-state index is 5.70. The molecule has 1 rings (SSSR count). The molecule has 3 atom stereocenters. The summed E-state index contributed by atoms with van der Waals surface area (Å²) in [5.41, 5.74) is 2.57. The van der Waals surface area contributed by atoms with Crippen molar-refractivity contribution in [1.82, 2.24) is 0 Å². The smallest absolute Gasteiger partial charge is 0.0530 e. The first-order chi connectivity index (χ1) is 26.5. The summed E-state index contributed by atoms with van der Waals surface area (Å²) < 4.78 is 28.2. The van der Waals surface area contributed by atoms with Gasteiger partial charge in [-0.25, -0.2) is 0 Å². The van der Waals surface area contributed by atoms with Crippen molar-refractivity contribution in [1.29, 1.82) is 0 Å². The van der Waals surface area contributed by atoms with Gasteiger partial charge in [0.05, 0.1) is 56.9 Å². The van der Waals surface area contributed by atoms with Crippen molar-refractivity contribution >= 4 is 0 Å². The van der Waals surface area contributed by atoms with Crippen molar-refractivity contribution in [2.24, 2.45) is 61.6 Å². The van der Waals surface area contributed by atoms with Crippen LogP contribution in [0.4, 0.5) is 0 Å². The number of hydrogen-bond donors (Lipinski definition) is 0. The average Bonchev–Trinajstić information content (AvgIpc) is 3.82. The van der Waals surface area contributed by atoms with Gasteiger partial charge in [0.1, 0.15) is 0 Å². The Labute approximate surface area is 418 Å². The molecule has 0 aliphatic heterocycles. The van der Waals surface area contributed by atoms with Gasteiger partial charge in [0, 0.05) is 6.61 Å². The molecule has 1 saturated carbocycles. The molecule has 0 heterocycles. The standard InChI is InChI=1S/C12H26O.C11H22O.2C11H24O.C10H22O.5CH4/c1-9(2)11(12(5,6)7)8-13-10(3)4;1-9(2)12-8-11(6-7-11)10(3,4)5;1-9(2)12-8-11(6,7)10(3,4)5;1-7-10(11(4,5)6)8-12-9(2)3;1-8(2)11-7-9(3)10(4,5)6;;;;;/h9-11H,8H2,1-7H3;9H,6-8H2,1-5H3;9H,8H2,1-7H3;9-10H,7-8H2,1-6H3;8-9H,7H2,1-6H3;5*1H4. The van der Waals surface area contributed by atoms with E-state index in [-0.39, 0.29) is 42.5 Å². The van der Waals surface area contributed by atoms with E-state index in [4.69, 9.17) is 23.7 Å². The average molecular weight is 940 g/mol. The molecule has 0 spiro atoms. The van der Waals surface area contributed by atoms with Crippen LogP contribution in [0.2, 0.25) is 0 Å². The molecular formula is C60H138O5. The lowest BCUT2D eigenvalue weighted by Gasteiger charge is -2.39. The number of rotatable bonds is 17. The molecule has 65 heavy (non-hydrogen) atoms. The van der Waals surface area contributed by atoms with Crippen molar-refractivity contribution < 1.29 is 23.7 Å². The van der Waals surface area contributed by atoms with E-state index in [9.17, 15) is 0 Å². The summed E-state index contributed by atoms with van der Waals surface area (Å²) >= 11 is 0. The molecule has 1 fully saturated rings. The van der Waals surface area contributed by atoms with Crippen LogP contribution in [0.3, 0.4) is 0 Å². The van der Waals surface area contributed by atoms with Crippen LogP contribution in [0.25, 0.3) is 0 Å². The molecule has 0 bridgehead atoms. The largest absolute Gasteiger partial charge is 0.378 e. The summed E-state index contributed by atoms with van der Waals surface area (Å²) in [4.78, 5) is 0. The summed E-state index contributed by atoms with van der Waals surface area (Å²) in [6.07, 6.45) is 5.70. The van der Waals surface area contributed by atoms with E-state index in [1.807, 2.05) is 0 Å². The highest BCUT2D eigenvalue weighted by Crippen LogP contribution is 2.58. The molecule has 0 aromatic carbocycles. The van der Waals surface area contributed by atoms with Crippen LogP contribution in [-0.4, -0.2) is 63.6 Å². The fourth-order valence-electron chi connectivity index (χ4n) is 5.79. The van der Waals surface area contributed by atoms with Crippen molar-refractivity contribution in [2.45, 2.75) is 302 Å². The Morgan fingerprint density at radius 3 is 0.985 bits per heavy atom. The Morgan fingerprint density at radius 2 is 0.754 bits per heavy atom. The van der Waals surface area contributed by atoms with Gasteiger partial charge < -0.3 is 23.7 Å². The third-order valence-corrected chi connectivity index (χ3v) is 13.0. The highest BCUT2D eigenvalue weighted by atomic mass is 16.5. The van der Waals surface area contributed by atoms with Crippen LogP contribution in [0.5, 0.6) is 0 Å². The Morgan fingerprint density at radius 1 is 0.415 bits per heavy atom. The van der Waals surface area contributed by atoms with Crippen molar-refractivity contribution in [2.75, 3.05) is 33.0 Å². The summed E-state index contributed by atoms with van der Waals surface area (Å²) in [6, 6.07) is 0. The zero-order chi connectivity index (χ0) is 48.9. The predicted molar refractivity (Wildman–Crippen MR) is 303 cm³/mol. The van der Waals surface area contributed by atoms with Gasteiger partial charge in [-0.1, -0.05) is 189 Å². The second kappa shape index (κ2) is 37.6. The lowest BCUT2D eigenvalue weighted by molar-refractivity contribution is -0.0267. The first-order valence-electron chi connectivity index (χ1n) is 24.6. The molecular weight excluding hydrogens is 801 g/mol. The van der Waals surface area contributed by atoms with E-state index in [0.717, 1.165) is 33.0 Å². The summed E-state index contributed by atoms with van der Waals surface area (Å²) in [6.45, 7) is 73.2. The Bertz CT molecular complexity index is 975. The number of hydrogen-bond acceptors (Lipinski definition) is 5. The lowest BCUT2D eigenvalue weighted by atomic mass is 9.70. The molecule has 0 N–H and O–H groups in total. The molecule has 0 aromatic heterocycles. The van der Waals surface area contributed by atoms with E-state index in [1.165, 1.54) is 19.3 Å². The topological polar surface area (TPSA) is 46.2 Å². The second-order valence-electron chi connectivity index (χ2n) is 26.0. The van der Waals surface area contributed by atoms with Crippen molar-refractivity contribution in [3.05, 3.63) is 0 Å². The molecule has 5 nitrogen and oxygen atoms in total. The molecule has 0 radical (unpaired) electrons. The van der Waals surface area contributed by atoms with E-state index >= 15 is 0 Å². The summed E-state index contributed by atoms with van der Waals surface area (Å²) in [5.74, 6) is 2.65.